The van der Waals surface area contributed by atoms with Crippen LogP contribution in [0.1, 0.15) is 12.0 Å². The largest absolute Gasteiger partial charge is 0.497 e. The SMILES string of the molecule is COc1cccc(OCCCOc2cccc(/C=N\NC(=O)Nc3ccccc3)c2)c1. The van der Waals surface area contributed by atoms with E-state index in [9.17, 15) is 4.79 Å². The lowest BCUT2D eigenvalue weighted by atomic mass is 10.2. The van der Waals surface area contributed by atoms with E-state index in [0.29, 0.717) is 18.9 Å². The molecule has 0 bridgehead atoms. The fourth-order valence-corrected chi connectivity index (χ4v) is 2.66. The summed E-state index contributed by atoms with van der Waals surface area (Å²) < 4.78 is 16.6. The van der Waals surface area contributed by atoms with Gasteiger partial charge in [0.1, 0.15) is 17.2 Å². The molecule has 0 fully saturated rings. The molecule has 0 spiro atoms. The highest BCUT2D eigenvalue weighted by Crippen LogP contribution is 2.19. The Balaban J connectivity index is 1.38. The van der Waals surface area contributed by atoms with Gasteiger partial charge in [-0.3, -0.25) is 0 Å². The number of carbonyl (C=O) groups excluding carboxylic acids is 1. The highest BCUT2D eigenvalue weighted by atomic mass is 16.5. The van der Waals surface area contributed by atoms with Crippen LogP contribution in [0, 0.1) is 0 Å². The van der Waals surface area contributed by atoms with Crippen LogP contribution in [0.4, 0.5) is 10.5 Å². The zero-order valence-electron chi connectivity index (χ0n) is 17.3. The van der Waals surface area contributed by atoms with Crippen LogP contribution in [0.25, 0.3) is 0 Å². The van der Waals surface area contributed by atoms with E-state index in [1.165, 1.54) is 0 Å². The number of nitrogens with zero attached hydrogens (tertiary/aromatic N) is 1. The van der Waals surface area contributed by atoms with Crippen molar-refractivity contribution in [1.82, 2.24) is 5.43 Å². The molecule has 7 heteroatoms. The van der Waals surface area contributed by atoms with E-state index in [0.717, 1.165) is 29.2 Å². The number of hydrazone groups is 1. The summed E-state index contributed by atoms with van der Waals surface area (Å²) in [7, 11) is 1.63. The summed E-state index contributed by atoms with van der Waals surface area (Å²) in [4.78, 5) is 11.8. The first-order valence-corrected chi connectivity index (χ1v) is 9.88. The summed E-state index contributed by atoms with van der Waals surface area (Å²) >= 11 is 0. The van der Waals surface area contributed by atoms with E-state index in [1.807, 2.05) is 66.7 Å². The number of carbonyl (C=O) groups is 1. The molecular weight excluding hydrogens is 394 g/mol. The number of amides is 2. The number of methoxy groups -OCH3 is 1. The third-order valence-electron chi connectivity index (χ3n) is 4.14. The van der Waals surface area contributed by atoms with Crippen molar-refractivity contribution in [3.05, 3.63) is 84.4 Å². The lowest BCUT2D eigenvalue weighted by Gasteiger charge is -2.09. The minimum atomic E-state index is -0.411. The Morgan fingerprint density at radius 2 is 1.55 bits per heavy atom. The fraction of sp³-hybridized carbons (Fsp3) is 0.167. The number of rotatable bonds is 10. The second-order valence-electron chi connectivity index (χ2n) is 6.49. The minimum absolute atomic E-state index is 0.411. The molecule has 0 aromatic heterocycles. The number of hydrogen-bond donors (Lipinski definition) is 2. The smallest absolute Gasteiger partial charge is 0.339 e. The molecule has 0 aliphatic carbocycles. The van der Waals surface area contributed by atoms with Crippen LogP contribution in [0.5, 0.6) is 17.2 Å². The van der Waals surface area contributed by atoms with Gasteiger partial charge < -0.3 is 19.5 Å². The monoisotopic (exact) mass is 419 g/mol. The number of para-hydroxylation sites is 1. The molecule has 31 heavy (non-hydrogen) atoms. The second-order valence-corrected chi connectivity index (χ2v) is 6.49. The van der Waals surface area contributed by atoms with Gasteiger partial charge in [-0.1, -0.05) is 36.4 Å². The van der Waals surface area contributed by atoms with Crippen molar-refractivity contribution in [2.24, 2.45) is 5.10 Å². The Morgan fingerprint density at radius 1 is 0.871 bits per heavy atom. The minimum Gasteiger partial charge on any atom is -0.497 e. The van der Waals surface area contributed by atoms with Crippen LogP contribution in [-0.2, 0) is 0 Å². The molecule has 0 heterocycles. The van der Waals surface area contributed by atoms with Crippen molar-refractivity contribution < 1.29 is 19.0 Å². The average molecular weight is 419 g/mol. The third kappa shape index (κ3) is 7.74. The lowest BCUT2D eigenvalue weighted by molar-refractivity contribution is 0.247. The van der Waals surface area contributed by atoms with Crippen LogP contribution < -0.4 is 25.0 Å². The van der Waals surface area contributed by atoms with Gasteiger partial charge in [0.05, 0.1) is 26.5 Å². The quantitative estimate of drug-likeness (QED) is 0.284. The summed E-state index contributed by atoms with van der Waals surface area (Å²) in [5.74, 6) is 2.25. The Morgan fingerprint density at radius 3 is 2.29 bits per heavy atom. The van der Waals surface area contributed by atoms with Gasteiger partial charge in [-0.2, -0.15) is 5.10 Å². The van der Waals surface area contributed by atoms with E-state index >= 15 is 0 Å². The standard InChI is InChI=1S/C24H25N3O4/c1-29-21-11-6-13-23(17-21)31-15-7-14-30-22-12-5-8-19(16-22)18-25-27-24(28)26-20-9-3-2-4-10-20/h2-6,8-13,16-18H,7,14-15H2,1H3,(H2,26,27,28)/b25-18-. The number of ether oxygens (including phenoxy) is 3. The van der Waals surface area contributed by atoms with Crippen LogP contribution >= 0.6 is 0 Å². The van der Waals surface area contributed by atoms with Crippen LogP contribution in [0.2, 0.25) is 0 Å². The van der Waals surface area contributed by atoms with Gasteiger partial charge in [-0.15, -0.1) is 0 Å². The Labute approximate surface area is 181 Å². The van der Waals surface area contributed by atoms with Gasteiger partial charge in [0.15, 0.2) is 0 Å². The van der Waals surface area contributed by atoms with Crippen molar-refractivity contribution in [3.8, 4) is 17.2 Å². The third-order valence-corrected chi connectivity index (χ3v) is 4.14. The van der Waals surface area contributed by atoms with Gasteiger partial charge in [0.2, 0.25) is 0 Å². The van der Waals surface area contributed by atoms with Gasteiger partial charge in [-0.25, -0.2) is 10.2 Å². The van der Waals surface area contributed by atoms with E-state index in [1.54, 1.807) is 25.5 Å². The molecule has 3 rings (SSSR count). The van der Waals surface area contributed by atoms with E-state index in [-0.39, 0.29) is 0 Å². The Bertz CT molecular complexity index is 993. The highest BCUT2D eigenvalue weighted by Gasteiger charge is 2.00. The summed E-state index contributed by atoms with van der Waals surface area (Å²) in [5.41, 5.74) is 3.94. The van der Waals surface area contributed by atoms with E-state index in [4.69, 9.17) is 14.2 Å². The number of anilines is 1. The topological polar surface area (TPSA) is 81.2 Å². The second kappa shape index (κ2) is 11.9. The number of urea groups is 1. The normalized spacial score (nSPS) is 10.5. The van der Waals surface area contributed by atoms with Crippen LogP contribution in [-0.4, -0.2) is 32.6 Å². The zero-order valence-corrected chi connectivity index (χ0v) is 17.3. The molecule has 0 saturated heterocycles. The summed E-state index contributed by atoms with van der Waals surface area (Å²) in [6.45, 7) is 1.05. The van der Waals surface area contributed by atoms with Gasteiger partial charge in [0, 0.05) is 18.2 Å². The average Bonchev–Trinajstić information content (AvgIpc) is 2.80. The van der Waals surface area contributed by atoms with Crippen LogP contribution in [0.3, 0.4) is 0 Å². The molecule has 160 valence electrons. The molecule has 0 saturated carbocycles. The maximum absolute atomic E-state index is 11.8. The van der Waals surface area contributed by atoms with Crippen molar-refractivity contribution in [2.45, 2.75) is 6.42 Å². The fourth-order valence-electron chi connectivity index (χ4n) is 2.66. The molecule has 2 amide bonds. The molecule has 0 radical (unpaired) electrons. The summed E-state index contributed by atoms with van der Waals surface area (Å²) in [6, 6.07) is 23.7. The number of benzene rings is 3. The molecule has 3 aromatic rings. The predicted octanol–water partition coefficient (Wildman–Crippen LogP) is 4.70. The molecular formula is C24H25N3O4. The molecule has 0 unspecified atom stereocenters. The predicted molar refractivity (Wildman–Crippen MR) is 121 cm³/mol. The van der Waals surface area contributed by atoms with E-state index < -0.39 is 6.03 Å². The van der Waals surface area contributed by atoms with Gasteiger partial charge in [0.25, 0.3) is 0 Å². The molecule has 3 aromatic carbocycles. The van der Waals surface area contributed by atoms with Gasteiger partial charge >= 0.3 is 6.03 Å². The molecule has 0 atom stereocenters. The zero-order chi connectivity index (χ0) is 21.7. The molecule has 0 aliphatic rings. The molecule has 7 nitrogen and oxygen atoms in total. The van der Waals surface area contributed by atoms with Crippen molar-refractivity contribution in [3.63, 3.8) is 0 Å². The molecule has 0 aliphatic heterocycles. The Hall–Kier alpha value is -4.00. The maximum Gasteiger partial charge on any atom is 0.339 e. The first-order valence-electron chi connectivity index (χ1n) is 9.88. The van der Waals surface area contributed by atoms with Gasteiger partial charge in [-0.05, 0) is 42.0 Å². The number of nitrogens with one attached hydrogen (secondary N) is 2. The van der Waals surface area contributed by atoms with Crippen molar-refractivity contribution in [1.29, 1.82) is 0 Å². The van der Waals surface area contributed by atoms with Crippen molar-refractivity contribution >= 4 is 17.9 Å². The van der Waals surface area contributed by atoms with E-state index in [2.05, 4.69) is 15.8 Å². The van der Waals surface area contributed by atoms with Crippen molar-refractivity contribution in [2.75, 3.05) is 25.6 Å². The first kappa shape index (κ1) is 21.7. The van der Waals surface area contributed by atoms with Crippen LogP contribution in [0.15, 0.2) is 84.0 Å². The molecule has 2 N–H and O–H groups in total. The highest BCUT2D eigenvalue weighted by molar-refractivity contribution is 5.90. The number of hydrogen-bond acceptors (Lipinski definition) is 5. The lowest BCUT2D eigenvalue weighted by Crippen LogP contribution is -2.24. The summed E-state index contributed by atoms with van der Waals surface area (Å²) in [5, 5.41) is 6.65. The Kier molecular flexibility index (Phi) is 8.31. The maximum atomic E-state index is 11.8. The first-order chi connectivity index (χ1) is 15.2. The summed E-state index contributed by atoms with van der Waals surface area (Å²) in [6.07, 6.45) is 2.29.